The van der Waals surface area contributed by atoms with Crippen molar-refractivity contribution < 1.29 is 26.2 Å². The number of imidazole rings is 1. The molecule has 5 heteroatoms. The van der Waals surface area contributed by atoms with Crippen LogP contribution >= 0.6 is 0 Å². The minimum atomic E-state index is -0.183. The summed E-state index contributed by atoms with van der Waals surface area (Å²) in [4.78, 5) is 9.72. The summed E-state index contributed by atoms with van der Waals surface area (Å²) < 4.78 is 2.09. The molecule has 3 aromatic carbocycles. The van der Waals surface area contributed by atoms with Gasteiger partial charge in [-0.05, 0) is 47.1 Å². The Labute approximate surface area is 246 Å². The quantitative estimate of drug-likeness (QED) is 0.193. The minimum Gasteiger partial charge on any atom is -0.507 e. The molecular weight excluding hydrogens is 661 g/mol. The van der Waals surface area contributed by atoms with E-state index in [2.05, 4.69) is 100 Å². The van der Waals surface area contributed by atoms with Crippen molar-refractivity contribution in [2.45, 2.75) is 59.3 Å². The number of aryl methyl sites for hydroxylation is 2. The van der Waals surface area contributed by atoms with Crippen molar-refractivity contribution in [1.29, 1.82) is 0 Å². The van der Waals surface area contributed by atoms with Gasteiger partial charge in [-0.25, -0.2) is 4.98 Å². The minimum absolute atomic E-state index is 0. The number of benzene rings is 3. The van der Waals surface area contributed by atoms with Crippen molar-refractivity contribution in [2.75, 3.05) is 0 Å². The van der Waals surface area contributed by atoms with E-state index in [0.29, 0.717) is 0 Å². The Bertz CT molecular complexity index is 1670. The summed E-state index contributed by atoms with van der Waals surface area (Å²) in [5.74, 6) is 1.02. The maximum absolute atomic E-state index is 11.4. The van der Waals surface area contributed by atoms with Crippen LogP contribution in [-0.2, 0) is 38.9 Å². The van der Waals surface area contributed by atoms with Crippen LogP contribution in [0.2, 0.25) is 0 Å². The van der Waals surface area contributed by atoms with Crippen LogP contribution in [0.5, 0.6) is 5.75 Å². The molecule has 2 aromatic heterocycles. The summed E-state index contributed by atoms with van der Waals surface area (Å²) >= 11 is 0. The molecule has 0 unspecified atom stereocenters. The van der Waals surface area contributed by atoms with Crippen LogP contribution in [0.25, 0.3) is 44.8 Å². The predicted octanol–water partition coefficient (Wildman–Crippen LogP) is 8.38. The molecule has 5 rings (SSSR count). The van der Waals surface area contributed by atoms with Crippen LogP contribution < -0.4 is 0 Å². The molecule has 4 nitrogen and oxygen atoms in total. The molecular formula is C34H36N3OPt-. The van der Waals surface area contributed by atoms with E-state index >= 15 is 0 Å². The second-order valence-corrected chi connectivity index (χ2v) is 12.3. The molecule has 0 amide bonds. The molecule has 0 radical (unpaired) electrons. The number of hydrogen-bond acceptors (Lipinski definition) is 3. The van der Waals surface area contributed by atoms with E-state index in [1.165, 1.54) is 0 Å². The maximum Gasteiger partial charge on any atom is 0.144 e. The smallest absolute Gasteiger partial charge is 0.144 e. The summed E-state index contributed by atoms with van der Waals surface area (Å²) in [5.41, 5.74) is 9.59. The number of nitrogens with zero attached hydrogens (tertiary/aromatic N) is 3. The van der Waals surface area contributed by atoms with Gasteiger partial charge in [0.2, 0.25) is 0 Å². The van der Waals surface area contributed by atoms with Gasteiger partial charge in [-0.15, -0.1) is 29.8 Å². The zero-order chi connectivity index (χ0) is 27.4. The van der Waals surface area contributed by atoms with Gasteiger partial charge in [-0.1, -0.05) is 82.5 Å². The second-order valence-electron chi connectivity index (χ2n) is 12.3. The average molecular weight is 698 g/mol. The molecule has 5 aromatic rings. The third-order valence-corrected chi connectivity index (χ3v) is 7.20. The van der Waals surface area contributed by atoms with Gasteiger partial charge < -0.3 is 9.67 Å². The molecule has 0 bridgehead atoms. The summed E-state index contributed by atoms with van der Waals surface area (Å²) in [5, 5.41) is 11.4. The van der Waals surface area contributed by atoms with Gasteiger partial charge in [0.05, 0.1) is 16.6 Å². The van der Waals surface area contributed by atoms with Crippen LogP contribution in [0.4, 0.5) is 0 Å². The van der Waals surface area contributed by atoms with E-state index < -0.39 is 0 Å². The Kier molecular flexibility index (Phi) is 7.67. The first-order valence-electron chi connectivity index (χ1n) is 13.1. The van der Waals surface area contributed by atoms with Gasteiger partial charge in [0.25, 0.3) is 0 Å². The van der Waals surface area contributed by atoms with E-state index in [0.717, 1.165) is 61.5 Å². The Morgan fingerprint density at radius 3 is 2.21 bits per heavy atom. The number of pyridine rings is 1. The van der Waals surface area contributed by atoms with Crippen molar-refractivity contribution in [3.63, 3.8) is 0 Å². The molecule has 0 aliphatic heterocycles. The Morgan fingerprint density at radius 1 is 0.846 bits per heavy atom. The van der Waals surface area contributed by atoms with Gasteiger partial charge in [-0.3, -0.25) is 4.98 Å². The number of phenolic OH excluding ortho intramolecular Hbond substituents is 1. The molecule has 0 saturated carbocycles. The van der Waals surface area contributed by atoms with Crippen LogP contribution in [0, 0.1) is 13.0 Å². The molecule has 0 spiro atoms. The summed E-state index contributed by atoms with van der Waals surface area (Å²) in [6.07, 6.45) is 1.83. The standard InChI is InChI=1S/C34H36N3O.Pt/c1-21-15-16-35-27(17-21)23-12-9-11-22(18-23)25-13-10-14-28-31(25)36-32(37(28)8)30-26(34(5,6)7)19-24(20-29(30)38)33(2,3)4;/h9-17,19-20,38H,1-8H3;/q-1;. The Hall–Kier alpha value is -3.23. The molecule has 0 aliphatic carbocycles. The monoisotopic (exact) mass is 697 g/mol. The van der Waals surface area contributed by atoms with Crippen LogP contribution in [0.3, 0.4) is 0 Å². The fourth-order valence-corrected chi connectivity index (χ4v) is 5.00. The molecule has 1 N–H and O–H groups in total. The first kappa shape index (κ1) is 28.8. The first-order chi connectivity index (χ1) is 17.8. The van der Waals surface area contributed by atoms with Crippen molar-refractivity contribution in [3.8, 4) is 39.5 Å². The molecule has 39 heavy (non-hydrogen) atoms. The third-order valence-electron chi connectivity index (χ3n) is 7.20. The predicted molar refractivity (Wildman–Crippen MR) is 157 cm³/mol. The Balaban J connectivity index is 0.00000353. The van der Waals surface area contributed by atoms with Gasteiger partial charge in [0, 0.05) is 40.0 Å². The Morgan fingerprint density at radius 2 is 1.54 bits per heavy atom. The average Bonchev–Trinajstić information content (AvgIpc) is 3.18. The van der Waals surface area contributed by atoms with Crippen molar-refractivity contribution >= 4 is 11.0 Å². The molecule has 204 valence electrons. The second kappa shape index (κ2) is 10.4. The van der Waals surface area contributed by atoms with E-state index in [-0.39, 0.29) is 37.6 Å². The zero-order valence-corrected chi connectivity index (χ0v) is 26.2. The number of fused-ring (bicyclic) bond motifs is 1. The fraction of sp³-hybridized carbons (Fsp3) is 0.294. The molecule has 0 saturated heterocycles. The molecule has 0 atom stereocenters. The van der Waals surface area contributed by atoms with E-state index in [1.54, 1.807) is 0 Å². The number of aromatic hydroxyl groups is 1. The van der Waals surface area contributed by atoms with Crippen molar-refractivity contribution in [1.82, 2.24) is 14.5 Å². The van der Waals surface area contributed by atoms with Crippen LogP contribution in [0.1, 0.15) is 58.2 Å². The number of aromatic nitrogens is 3. The van der Waals surface area contributed by atoms with Gasteiger partial charge in [-0.2, -0.15) is 0 Å². The maximum atomic E-state index is 11.4. The molecule has 2 heterocycles. The topological polar surface area (TPSA) is 50.9 Å². The van der Waals surface area contributed by atoms with E-state index in [4.69, 9.17) is 4.98 Å². The van der Waals surface area contributed by atoms with Gasteiger partial charge in [0.1, 0.15) is 11.6 Å². The number of para-hydroxylation sites is 1. The largest absolute Gasteiger partial charge is 0.507 e. The van der Waals surface area contributed by atoms with Crippen molar-refractivity contribution in [2.24, 2.45) is 7.05 Å². The zero-order valence-electron chi connectivity index (χ0n) is 24.0. The number of phenols is 1. The molecule has 0 fully saturated rings. The van der Waals surface area contributed by atoms with E-state index in [1.807, 2.05) is 37.5 Å². The fourth-order valence-electron chi connectivity index (χ4n) is 5.00. The summed E-state index contributed by atoms with van der Waals surface area (Å²) in [6, 6.07) is 24.2. The van der Waals surface area contributed by atoms with Gasteiger partial charge >= 0.3 is 0 Å². The summed E-state index contributed by atoms with van der Waals surface area (Å²) in [7, 11) is 2.02. The normalized spacial score (nSPS) is 12.0. The number of hydrogen-bond donors (Lipinski definition) is 1. The number of rotatable bonds is 3. The SMILES string of the molecule is Cc1ccnc(-c2[c-]c(-c3cccc4c3nc(-c3c(O)cc(C(C)(C)C)cc3C(C)(C)C)n4C)ccc2)c1.[Pt]. The third kappa shape index (κ3) is 5.45. The van der Waals surface area contributed by atoms with Crippen molar-refractivity contribution in [3.05, 3.63) is 89.6 Å². The van der Waals surface area contributed by atoms with Gasteiger partial charge in [0.15, 0.2) is 0 Å². The first-order valence-corrected chi connectivity index (χ1v) is 13.1. The van der Waals surface area contributed by atoms with Crippen LogP contribution in [-0.4, -0.2) is 19.6 Å². The van der Waals surface area contributed by atoms with Crippen LogP contribution in [0.15, 0.2) is 66.9 Å². The van der Waals surface area contributed by atoms with E-state index in [9.17, 15) is 5.11 Å². The molecule has 0 aliphatic rings. The summed E-state index contributed by atoms with van der Waals surface area (Å²) in [6.45, 7) is 15.1.